The summed E-state index contributed by atoms with van der Waals surface area (Å²) in [4.78, 5) is 17.8. The van der Waals surface area contributed by atoms with Gasteiger partial charge in [0.15, 0.2) is 11.6 Å². The van der Waals surface area contributed by atoms with Gasteiger partial charge in [-0.05, 0) is 42.8 Å². The number of nitrogens with zero attached hydrogens (tertiary/aromatic N) is 2. The lowest BCUT2D eigenvalue weighted by Gasteiger charge is -2.18. The van der Waals surface area contributed by atoms with E-state index in [0.717, 1.165) is 21.7 Å². The van der Waals surface area contributed by atoms with Crippen LogP contribution in [0.25, 0.3) is 20.8 Å². The molecule has 152 valence electrons. The third-order valence-corrected chi connectivity index (χ3v) is 5.83. The molecule has 0 spiro atoms. The van der Waals surface area contributed by atoms with Crippen molar-refractivity contribution in [2.45, 2.75) is 12.6 Å². The molecule has 1 N–H and O–H groups in total. The van der Waals surface area contributed by atoms with Gasteiger partial charge >= 0.3 is 12.2 Å². The zero-order valence-corrected chi connectivity index (χ0v) is 15.6. The predicted molar refractivity (Wildman–Crippen MR) is 99.7 cm³/mol. The van der Waals surface area contributed by atoms with Crippen molar-refractivity contribution in [1.82, 2.24) is 9.88 Å². The van der Waals surface area contributed by atoms with Gasteiger partial charge in [-0.15, -0.1) is 11.3 Å². The first-order valence-corrected chi connectivity index (χ1v) is 9.51. The molecular weight excluding hydrogens is 413 g/mol. The number of hydrogen-bond acceptors (Lipinski definition) is 3. The van der Waals surface area contributed by atoms with E-state index in [-0.39, 0.29) is 19.5 Å². The van der Waals surface area contributed by atoms with Gasteiger partial charge in [0.05, 0.1) is 16.1 Å². The van der Waals surface area contributed by atoms with Gasteiger partial charge in [0.25, 0.3) is 0 Å². The van der Waals surface area contributed by atoms with Gasteiger partial charge in [-0.25, -0.2) is 18.6 Å². The van der Waals surface area contributed by atoms with Crippen molar-refractivity contribution >= 4 is 33.3 Å². The Labute approximate surface area is 166 Å². The average molecular weight is 427 g/mol. The Morgan fingerprint density at radius 1 is 1.14 bits per heavy atom. The Hall–Kier alpha value is -2.75. The maximum Gasteiger partial charge on any atom is 0.393 e. The number of benzene rings is 2. The monoisotopic (exact) mass is 427 g/mol. The van der Waals surface area contributed by atoms with E-state index in [0.29, 0.717) is 21.8 Å². The number of rotatable bonds is 2. The van der Waals surface area contributed by atoms with Gasteiger partial charge in [0, 0.05) is 24.3 Å². The molecule has 10 heteroatoms. The Balaban J connectivity index is 1.51. The summed E-state index contributed by atoms with van der Waals surface area (Å²) in [6.45, 7) is -0.330. The van der Waals surface area contributed by atoms with E-state index in [1.807, 2.05) is 0 Å². The number of halogens is 5. The maximum atomic E-state index is 13.5. The number of thiazole rings is 1. The normalized spacial score (nSPS) is 17.1. The fraction of sp³-hybridized carbons (Fsp3) is 0.263. The van der Waals surface area contributed by atoms with E-state index >= 15 is 0 Å². The Kier molecular flexibility index (Phi) is 4.89. The molecule has 1 fully saturated rings. The largest absolute Gasteiger partial charge is 0.393 e. The van der Waals surface area contributed by atoms with E-state index in [1.54, 1.807) is 18.2 Å². The Morgan fingerprint density at radius 3 is 2.62 bits per heavy atom. The molecule has 0 bridgehead atoms. The maximum absolute atomic E-state index is 13.5. The predicted octanol–water partition coefficient (Wildman–Crippen LogP) is 5.66. The lowest BCUT2D eigenvalue weighted by Crippen LogP contribution is -2.35. The van der Waals surface area contributed by atoms with E-state index in [4.69, 9.17) is 0 Å². The SMILES string of the molecule is O=C(Nc1ccc2sc(-c3ccc(F)c(F)c3)nc2c1)N1CCC(C(F)(F)F)C1. The first-order chi connectivity index (χ1) is 13.7. The molecule has 1 aromatic heterocycles. The lowest BCUT2D eigenvalue weighted by molar-refractivity contribution is -0.169. The highest BCUT2D eigenvalue weighted by molar-refractivity contribution is 7.21. The second-order valence-corrected chi connectivity index (χ2v) is 7.76. The van der Waals surface area contributed by atoms with Crippen molar-refractivity contribution < 1.29 is 26.7 Å². The van der Waals surface area contributed by atoms with Crippen LogP contribution in [0.4, 0.5) is 32.4 Å². The molecule has 1 unspecified atom stereocenters. The highest BCUT2D eigenvalue weighted by Gasteiger charge is 2.44. The molecule has 1 atom stereocenters. The first-order valence-electron chi connectivity index (χ1n) is 8.69. The molecule has 2 amide bonds. The van der Waals surface area contributed by atoms with E-state index in [2.05, 4.69) is 10.3 Å². The molecule has 4 rings (SSSR count). The van der Waals surface area contributed by atoms with Crippen LogP contribution in [0.5, 0.6) is 0 Å². The molecule has 0 radical (unpaired) electrons. The number of nitrogens with one attached hydrogen (secondary N) is 1. The quantitative estimate of drug-likeness (QED) is 0.537. The summed E-state index contributed by atoms with van der Waals surface area (Å²) in [5, 5.41) is 3.07. The van der Waals surface area contributed by atoms with Gasteiger partial charge < -0.3 is 10.2 Å². The van der Waals surface area contributed by atoms with Gasteiger partial charge in [-0.1, -0.05) is 0 Å². The minimum atomic E-state index is -4.31. The fourth-order valence-electron chi connectivity index (χ4n) is 3.17. The molecule has 0 aliphatic carbocycles. The van der Waals surface area contributed by atoms with Crippen LogP contribution in [0.1, 0.15) is 6.42 Å². The first kappa shape index (κ1) is 19.6. The second kappa shape index (κ2) is 7.25. The van der Waals surface area contributed by atoms with Crippen molar-refractivity contribution in [3.05, 3.63) is 48.0 Å². The number of carbonyl (C=O) groups is 1. The zero-order valence-electron chi connectivity index (χ0n) is 14.8. The number of urea groups is 1. The van der Waals surface area contributed by atoms with Gasteiger partial charge in [0.2, 0.25) is 0 Å². The van der Waals surface area contributed by atoms with Crippen LogP contribution in [0.15, 0.2) is 36.4 Å². The zero-order chi connectivity index (χ0) is 20.8. The topological polar surface area (TPSA) is 45.2 Å². The molecule has 2 heterocycles. The standard InChI is InChI=1S/C19H14F5N3OS/c20-13-3-1-10(7-14(13)21)17-26-15-8-12(2-4-16(15)29-17)25-18(28)27-6-5-11(9-27)19(22,23)24/h1-4,7-8,11H,5-6,9H2,(H,25,28). The average Bonchev–Trinajstić information content (AvgIpc) is 3.30. The Morgan fingerprint density at radius 2 is 1.93 bits per heavy atom. The van der Waals surface area contributed by atoms with Crippen molar-refractivity contribution in [2.75, 3.05) is 18.4 Å². The van der Waals surface area contributed by atoms with Gasteiger partial charge in [-0.3, -0.25) is 0 Å². The van der Waals surface area contributed by atoms with Crippen molar-refractivity contribution in [3.63, 3.8) is 0 Å². The number of fused-ring (bicyclic) bond motifs is 1. The molecule has 1 aliphatic rings. The van der Waals surface area contributed by atoms with Crippen molar-refractivity contribution in [3.8, 4) is 10.6 Å². The van der Waals surface area contributed by atoms with Crippen LogP contribution in [0.2, 0.25) is 0 Å². The highest BCUT2D eigenvalue weighted by Crippen LogP contribution is 2.34. The summed E-state index contributed by atoms with van der Waals surface area (Å²) in [5.74, 6) is -3.43. The number of alkyl halides is 3. The second-order valence-electron chi connectivity index (χ2n) is 6.73. The molecule has 0 saturated carbocycles. The molecule has 3 aromatic rings. The van der Waals surface area contributed by atoms with Crippen LogP contribution in [0, 0.1) is 17.6 Å². The number of aromatic nitrogens is 1. The van der Waals surface area contributed by atoms with Crippen LogP contribution in [0.3, 0.4) is 0 Å². The summed E-state index contributed by atoms with van der Waals surface area (Å²) >= 11 is 1.27. The van der Waals surface area contributed by atoms with Crippen molar-refractivity contribution in [1.29, 1.82) is 0 Å². The number of amides is 2. The van der Waals surface area contributed by atoms with Crippen molar-refractivity contribution in [2.24, 2.45) is 5.92 Å². The van der Waals surface area contributed by atoms with E-state index < -0.39 is 29.8 Å². The summed E-state index contributed by atoms with van der Waals surface area (Å²) in [5.41, 5.74) is 1.34. The fourth-order valence-corrected chi connectivity index (χ4v) is 4.11. The Bertz CT molecular complexity index is 1080. The van der Waals surface area contributed by atoms with Gasteiger partial charge in [-0.2, -0.15) is 13.2 Å². The third-order valence-electron chi connectivity index (χ3n) is 4.74. The smallest absolute Gasteiger partial charge is 0.324 e. The van der Waals surface area contributed by atoms with Crippen LogP contribution < -0.4 is 5.32 Å². The number of anilines is 1. The minimum Gasteiger partial charge on any atom is -0.324 e. The summed E-state index contributed by atoms with van der Waals surface area (Å²) in [6, 6.07) is 7.80. The van der Waals surface area contributed by atoms with Gasteiger partial charge in [0.1, 0.15) is 5.01 Å². The van der Waals surface area contributed by atoms with E-state index in [1.165, 1.54) is 17.4 Å². The third kappa shape index (κ3) is 4.02. The summed E-state index contributed by atoms with van der Waals surface area (Å²) < 4.78 is 65.7. The summed E-state index contributed by atoms with van der Waals surface area (Å²) in [6.07, 6.45) is -4.43. The lowest BCUT2D eigenvalue weighted by atomic mass is 10.1. The van der Waals surface area contributed by atoms with Crippen LogP contribution in [-0.4, -0.2) is 35.2 Å². The molecule has 2 aromatic carbocycles. The molecule has 1 saturated heterocycles. The molecule has 29 heavy (non-hydrogen) atoms. The van der Waals surface area contributed by atoms with Crippen LogP contribution in [-0.2, 0) is 0 Å². The molecule has 1 aliphatic heterocycles. The number of hydrogen-bond donors (Lipinski definition) is 1. The van der Waals surface area contributed by atoms with E-state index in [9.17, 15) is 26.7 Å². The number of likely N-dealkylation sites (tertiary alicyclic amines) is 1. The molecule has 4 nitrogen and oxygen atoms in total. The number of carbonyl (C=O) groups excluding carboxylic acids is 1. The van der Waals surface area contributed by atoms with Crippen LogP contribution >= 0.6 is 11.3 Å². The highest BCUT2D eigenvalue weighted by atomic mass is 32.1. The summed E-state index contributed by atoms with van der Waals surface area (Å²) in [7, 11) is 0. The minimum absolute atomic E-state index is 0.0369. The molecular formula is C19H14F5N3OS.